The van der Waals surface area contributed by atoms with Crippen molar-refractivity contribution < 1.29 is 9.90 Å². The molecule has 88 valence electrons. The molecule has 1 rings (SSSR count). The predicted molar refractivity (Wildman–Crippen MR) is 68.4 cm³/mol. The first-order valence-electron chi connectivity index (χ1n) is 5.51. The summed E-state index contributed by atoms with van der Waals surface area (Å²) in [6.45, 7) is 4.03. The highest BCUT2D eigenvalue weighted by atomic mass is 79.9. The number of carboxylic acids is 1. The highest BCUT2D eigenvalue weighted by Crippen LogP contribution is 2.22. The van der Waals surface area contributed by atoms with Crippen LogP contribution < -0.4 is 0 Å². The largest absolute Gasteiger partial charge is 0.481 e. The topological polar surface area (TPSA) is 37.3 Å². The molecule has 16 heavy (non-hydrogen) atoms. The molecule has 0 aliphatic carbocycles. The molecular weight excluding hydrogens is 268 g/mol. The highest BCUT2D eigenvalue weighted by Gasteiger charge is 2.23. The molecule has 2 atom stereocenters. The Kier molecular flexibility index (Phi) is 5.00. The van der Waals surface area contributed by atoms with E-state index in [1.807, 2.05) is 38.1 Å². The number of carbonyl (C=O) groups is 1. The van der Waals surface area contributed by atoms with Crippen LogP contribution in [0, 0.1) is 11.8 Å². The molecule has 0 aliphatic heterocycles. The molecule has 1 aromatic rings. The fraction of sp³-hybridized carbons (Fsp3) is 0.462. The molecule has 0 amide bonds. The second kappa shape index (κ2) is 6.04. The normalized spacial score (nSPS) is 14.4. The number of benzene rings is 1. The number of hydrogen-bond acceptors (Lipinski definition) is 1. The SMILES string of the molecule is CCC(C)C(Cc1cccc(Br)c1)C(=O)O. The van der Waals surface area contributed by atoms with Gasteiger partial charge in [-0.05, 0) is 30.0 Å². The molecule has 0 saturated heterocycles. The Morgan fingerprint density at radius 2 is 2.19 bits per heavy atom. The van der Waals surface area contributed by atoms with E-state index in [0.717, 1.165) is 16.5 Å². The highest BCUT2D eigenvalue weighted by molar-refractivity contribution is 9.10. The molecule has 0 bridgehead atoms. The molecule has 0 heterocycles. The van der Waals surface area contributed by atoms with Gasteiger partial charge in [-0.1, -0.05) is 48.3 Å². The molecule has 0 saturated carbocycles. The Labute approximate surface area is 105 Å². The van der Waals surface area contributed by atoms with Gasteiger partial charge in [-0.3, -0.25) is 4.79 Å². The molecule has 0 fully saturated rings. The van der Waals surface area contributed by atoms with E-state index in [1.165, 1.54) is 0 Å². The van der Waals surface area contributed by atoms with E-state index in [2.05, 4.69) is 15.9 Å². The van der Waals surface area contributed by atoms with Crippen molar-refractivity contribution in [3.05, 3.63) is 34.3 Å². The molecule has 0 spiro atoms. The van der Waals surface area contributed by atoms with Crippen LogP contribution in [0.25, 0.3) is 0 Å². The van der Waals surface area contributed by atoms with Crippen LogP contribution in [0.4, 0.5) is 0 Å². The summed E-state index contributed by atoms with van der Waals surface area (Å²) in [5.74, 6) is -0.787. The molecule has 0 aromatic heterocycles. The van der Waals surface area contributed by atoms with Gasteiger partial charge < -0.3 is 5.11 Å². The van der Waals surface area contributed by atoms with E-state index in [1.54, 1.807) is 0 Å². The Morgan fingerprint density at radius 3 is 2.69 bits per heavy atom. The Hall–Kier alpha value is -0.830. The van der Waals surface area contributed by atoms with Crippen LogP contribution in [0.2, 0.25) is 0 Å². The second-order valence-electron chi connectivity index (χ2n) is 4.16. The molecule has 1 aromatic carbocycles. The summed E-state index contributed by atoms with van der Waals surface area (Å²) < 4.78 is 0.998. The predicted octanol–water partition coefficient (Wildman–Crippen LogP) is 3.74. The number of hydrogen-bond donors (Lipinski definition) is 1. The van der Waals surface area contributed by atoms with Crippen LogP contribution in [0.5, 0.6) is 0 Å². The van der Waals surface area contributed by atoms with Gasteiger partial charge >= 0.3 is 5.97 Å². The number of carboxylic acid groups (broad SMARTS) is 1. The number of rotatable bonds is 5. The van der Waals surface area contributed by atoms with Crippen molar-refractivity contribution in [2.75, 3.05) is 0 Å². The lowest BCUT2D eigenvalue weighted by Crippen LogP contribution is -2.23. The fourth-order valence-corrected chi connectivity index (χ4v) is 2.18. The zero-order valence-corrected chi connectivity index (χ0v) is 11.2. The van der Waals surface area contributed by atoms with E-state index in [0.29, 0.717) is 6.42 Å². The molecule has 1 N–H and O–H groups in total. The first kappa shape index (κ1) is 13.2. The van der Waals surface area contributed by atoms with Gasteiger partial charge in [-0.25, -0.2) is 0 Å². The second-order valence-corrected chi connectivity index (χ2v) is 5.08. The van der Waals surface area contributed by atoms with Gasteiger partial charge in [0.1, 0.15) is 0 Å². The van der Waals surface area contributed by atoms with Crippen molar-refractivity contribution in [1.29, 1.82) is 0 Å². The lowest BCUT2D eigenvalue weighted by molar-refractivity contribution is -0.143. The minimum Gasteiger partial charge on any atom is -0.481 e. The minimum atomic E-state index is -0.700. The first-order valence-corrected chi connectivity index (χ1v) is 6.31. The van der Waals surface area contributed by atoms with E-state index in [9.17, 15) is 9.90 Å². The van der Waals surface area contributed by atoms with Gasteiger partial charge in [0.05, 0.1) is 5.92 Å². The third-order valence-corrected chi connectivity index (χ3v) is 3.49. The molecule has 0 radical (unpaired) electrons. The van der Waals surface area contributed by atoms with Crippen LogP contribution in [-0.2, 0) is 11.2 Å². The number of aliphatic carboxylic acids is 1. The summed E-state index contributed by atoms with van der Waals surface area (Å²) in [6, 6.07) is 7.85. The van der Waals surface area contributed by atoms with Gasteiger partial charge in [-0.2, -0.15) is 0 Å². The van der Waals surface area contributed by atoms with Gasteiger partial charge in [0.15, 0.2) is 0 Å². The quantitative estimate of drug-likeness (QED) is 0.894. The van der Waals surface area contributed by atoms with Gasteiger partial charge in [-0.15, -0.1) is 0 Å². The van der Waals surface area contributed by atoms with Crippen molar-refractivity contribution in [3.8, 4) is 0 Å². The fourth-order valence-electron chi connectivity index (χ4n) is 1.73. The van der Waals surface area contributed by atoms with Crippen LogP contribution in [0.3, 0.4) is 0 Å². The zero-order chi connectivity index (χ0) is 12.1. The number of halogens is 1. The Bertz CT molecular complexity index is 363. The monoisotopic (exact) mass is 284 g/mol. The van der Waals surface area contributed by atoms with Crippen LogP contribution >= 0.6 is 15.9 Å². The average molecular weight is 285 g/mol. The van der Waals surface area contributed by atoms with E-state index in [4.69, 9.17) is 0 Å². The van der Waals surface area contributed by atoms with Crippen LogP contribution in [-0.4, -0.2) is 11.1 Å². The summed E-state index contributed by atoms with van der Waals surface area (Å²) in [4.78, 5) is 11.2. The van der Waals surface area contributed by atoms with Crippen molar-refractivity contribution in [3.63, 3.8) is 0 Å². The smallest absolute Gasteiger partial charge is 0.307 e. The van der Waals surface area contributed by atoms with E-state index >= 15 is 0 Å². The van der Waals surface area contributed by atoms with Crippen LogP contribution in [0.1, 0.15) is 25.8 Å². The molecule has 0 aliphatic rings. The summed E-state index contributed by atoms with van der Waals surface area (Å²) >= 11 is 3.40. The lowest BCUT2D eigenvalue weighted by Gasteiger charge is -2.18. The van der Waals surface area contributed by atoms with Gasteiger partial charge in [0.2, 0.25) is 0 Å². The summed E-state index contributed by atoms with van der Waals surface area (Å²) in [7, 11) is 0. The van der Waals surface area contributed by atoms with E-state index in [-0.39, 0.29) is 11.8 Å². The van der Waals surface area contributed by atoms with Crippen molar-refractivity contribution in [1.82, 2.24) is 0 Å². The third kappa shape index (κ3) is 3.63. The average Bonchev–Trinajstić information content (AvgIpc) is 2.24. The molecule has 2 unspecified atom stereocenters. The lowest BCUT2D eigenvalue weighted by atomic mass is 9.86. The third-order valence-electron chi connectivity index (χ3n) is 2.99. The molecule has 2 nitrogen and oxygen atoms in total. The maximum atomic E-state index is 11.2. The summed E-state index contributed by atoms with van der Waals surface area (Å²) in [5.41, 5.74) is 1.07. The van der Waals surface area contributed by atoms with Crippen molar-refractivity contribution in [2.24, 2.45) is 11.8 Å². The standard InChI is InChI=1S/C13H17BrO2/c1-3-9(2)12(13(15)16)8-10-5-4-6-11(14)7-10/h4-7,9,12H,3,8H2,1-2H3,(H,15,16). The van der Waals surface area contributed by atoms with Crippen molar-refractivity contribution >= 4 is 21.9 Å². The zero-order valence-electron chi connectivity index (χ0n) is 9.61. The van der Waals surface area contributed by atoms with E-state index < -0.39 is 5.97 Å². The summed E-state index contributed by atoms with van der Waals surface area (Å²) in [6.07, 6.45) is 1.49. The summed E-state index contributed by atoms with van der Waals surface area (Å²) in [5, 5.41) is 9.19. The first-order chi connectivity index (χ1) is 7.54. The minimum absolute atomic E-state index is 0.205. The Morgan fingerprint density at radius 1 is 1.50 bits per heavy atom. The molecule has 3 heteroatoms. The maximum Gasteiger partial charge on any atom is 0.307 e. The van der Waals surface area contributed by atoms with Gasteiger partial charge in [0.25, 0.3) is 0 Å². The van der Waals surface area contributed by atoms with Gasteiger partial charge in [0, 0.05) is 4.47 Å². The van der Waals surface area contributed by atoms with Crippen LogP contribution in [0.15, 0.2) is 28.7 Å². The Balaban J connectivity index is 2.79. The molecular formula is C13H17BrO2. The van der Waals surface area contributed by atoms with Crippen molar-refractivity contribution in [2.45, 2.75) is 26.7 Å². The maximum absolute atomic E-state index is 11.2.